The molecule has 0 radical (unpaired) electrons. The quantitative estimate of drug-likeness (QED) is 0.0363. The summed E-state index contributed by atoms with van der Waals surface area (Å²) in [5.74, 6) is -8.55. The second kappa shape index (κ2) is 38.3. The fourth-order valence-electron chi connectivity index (χ4n) is 14.5. The standard InChI is InChI=1S/C63H105N3O45/c1-14-30(75)40(85)43(88)57(96-14)107-49-29(66-20(7)73)55(104-25(12-70)47(49)105-56-27(64-18(5)71)39(84)35(80)23(10-68)102-56)95-13-26-38(83)48(28(54(92)100-26)65-19(6)72)106-60-46(91)51(37(82)24(11-69)103-60)111-63(62(93)94)8-22(36(81)50(110-63)34(79)21(74)9-67)101-61-53(109-59-45(90)42(87)32(77)16(3)98-59)52(33(78)17(4)99-61)108-58-44(89)41(86)31(76)15(2)97-58/h14-17,21-61,67-70,74-92H,8-13H2,1-7H3,(H,64,71)(H,65,72)(H,66,73)(H,93,94)/t14-,15-,16-,17-,21+,22-,23+,24+,25+,26+,27+,28+,29+,30+,31+,32+,33+,34+,35-,36+,37-,38-,39+,40+,41+,42+,43-,44-,45-,46+,47+,48+,49+,50-,51-,52+,53-,54+,55+,56-,57-,58-,59-,60-,61-,63-/m0/s1. The lowest BCUT2D eigenvalue weighted by atomic mass is 9.89. The minimum absolute atomic E-state index is 0.813. The fourth-order valence-corrected chi connectivity index (χ4v) is 14.5. The van der Waals surface area contributed by atoms with Crippen molar-refractivity contribution in [3.63, 3.8) is 0 Å². The van der Waals surface area contributed by atoms with Gasteiger partial charge >= 0.3 is 5.97 Å². The summed E-state index contributed by atoms with van der Waals surface area (Å²) >= 11 is 0. The van der Waals surface area contributed by atoms with Crippen molar-refractivity contribution < 1.29 is 222 Å². The summed E-state index contributed by atoms with van der Waals surface area (Å²) in [6, 6.07) is -5.49. The number of aliphatic carboxylic acids is 1. The Kier molecular flexibility index (Phi) is 31.5. The minimum Gasteiger partial charge on any atom is -0.477 e. The highest BCUT2D eigenvalue weighted by atomic mass is 16.8. The lowest BCUT2D eigenvalue weighted by Gasteiger charge is -2.52. The van der Waals surface area contributed by atoms with Gasteiger partial charge in [0.15, 0.2) is 50.3 Å². The maximum Gasteiger partial charge on any atom is 0.364 e. The number of rotatable bonds is 27. The SMILES string of the molecule is CC(=O)N[C@@H]1[C@@H](O[C@@H]2O[C@H](CO)[C@H](O)[C@H](O[C@]3(C(=O)O)C[C@H](O[C@@H]4O[C@@H](C)[C@@H](O)[C@@H](O[C@@H]5O[C@@H](C)[C@@H](O)[C@@H](O)[C@@H]5O)[C@@H]4O[C@@H]4O[C@@H](C)[C@@H](O)[C@@H](O)[C@@H]4O)[C@@H](O)[C@H]([C@H](O)[C@H](O)CO)O3)[C@H]2O)[C@@H](O)[C@@H](CO[C@@H]2O[C@H](CO)[C@@H](O[C@@H]3O[C@H](CO)[C@H](O)[C@H](O)[C@H]3NC(C)=O)[C@H](O[C@@H]3O[C@@H](C)[C@@H](O)[C@@H](O)[C@@H]3O)[C@H]2NC(C)=O)O[C@H]1O. The molecule has 0 aliphatic carbocycles. The van der Waals surface area contributed by atoms with Gasteiger partial charge in [0.05, 0.1) is 63.6 Å². The van der Waals surface area contributed by atoms with Crippen LogP contribution in [0.15, 0.2) is 0 Å². The van der Waals surface area contributed by atoms with Gasteiger partial charge in [0.25, 0.3) is 5.79 Å². The fraction of sp³-hybridized carbons (Fsp3) is 0.937. The van der Waals surface area contributed by atoms with Gasteiger partial charge in [0.1, 0.15) is 195 Å². The van der Waals surface area contributed by atoms with Gasteiger partial charge in [-0.05, 0) is 27.7 Å². The van der Waals surface area contributed by atoms with E-state index in [1.165, 1.54) is 27.7 Å². The first-order valence-corrected chi connectivity index (χ1v) is 35.7. The largest absolute Gasteiger partial charge is 0.477 e. The van der Waals surface area contributed by atoms with Crippen LogP contribution in [0.1, 0.15) is 54.9 Å². The van der Waals surface area contributed by atoms with Crippen molar-refractivity contribution >= 4 is 23.7 Å². The lowest BCUT2D eigenvalue weighted by Crippen LogP contribution is -2.71. The number of hydrogen-bond acceptors (Lipinski definition) is 44. The first-order chi connectivity index (χ1) is 52.1. The van der Waals surface area contributed by atoms with Crippen molar-refractivity contribution in [2.75, 3.05) is 33.0 Å². The zero-order valence-electron chi connectivity index (χ0n) is 60.5. The smallest absolute Gasteiger partial charge is 0.364 e. The molecule has 0 aromatic rings. The molecule has 0 unspecified atom stereocenters. The van der Waals surface area contributed by atoms with E-state index in [0.29, 0.717) is 0 Å². The van der Waals surface area contributed by atoms with Gasteiger partial charge in [-0.3, -0.25) is 14.4 Å². The van der Waals surface area contributed by atoms with Gasteiger partial charge < -0.3 is 219 Å². The first-order valence-electron chi connectivity index (χ1n) is 35.7. The maximum atomic E-state index is 14.1. The predicted molar refractivity (Wildman–Crippen MR) is 343 cm³/mol. The molecule has 642 valence electrons. The van der Waals surface area contributed by atoms with Crippen molar-refractivity contribution in [3.8, 4) is 0 Å². The average Bonchev–Trinajstić information content (AvgIpc) is 0.741. The summed E-state index contributed by atoms with van der Waals surface area (Å²) in [5, 5.41) is 275. The maximum absolute atomic E-state index is 14.1. The van der Waals surface area contributed by atoms with Crippen LogP contribution in [0.5, 0.6) is 0 Å². The predicted octanol–water partition coefficient (Wildman–Crippen LogP) is -16.9. The Hall–Kier alpha value is -3.72. The molecule has 48 heteroatoms. The Labute approximate surface area is 630 Å². The molecule has 9 rings (SSSR count). The third-order valence-electron chi connectivity index (χ3n) is 20.8. The van der Waals surface area contributed by atoms with Crippen LogP contribution >= 0.6 is 0 Å². The Morgan fingerprint density at radius 2 is 0.811 bits per heavy atom. The van der Waals surface area contributed by atoms with Gasteiger partial charge in [-0.2, -0.15) is 0 Å². The summed E-state index contributed by atoms with van der Waals surface area (Å²) in [7, 11) is 0. The Morgan fingerprint density at radius 1 is 0.387 bits per heavy atom. The van der Waals surface area contributed by atoms with Crippen LogP contribution in [0.4, 0.5) is 0 Å². The number of nitrogens with one attached hydrogen (secondary N) is 3. The number of hydrogen-bond donors (Lipinski definition) is 27. The van der Waals surface area contributed by atoms with Crippen molar-refractivity contribution in [1.82, 2.24) is 16.0 Å². The molecule has 46 atom stereocenters. The number of aliphatic hydroxyl groups excluding tert-OH is 23. The second-order valence-corrected chi connectivity index (χ2v) is 28.8. The Balaban J connectivity index is 1.02. The molecule has 9 fully saturated rings. The third kappa shape index (κ3) is 19.7. The molecule has 0 bridgehead atoms. The van der Waals surface area contributed by atoms with E-state index in [1.807, 2.05) is 0 Å². The average molecular weight is 1620 g/mol. The number of aliphatic hydroxyl groups is 23. The molecule has 111 heavy (non-hydrogen) atoms. The monoisotopic (exact) mass is 1620 g/mol. The summed E-state index contributed by atoms with van der Waals surface area (Å²) in [5.41, 5.74) is 0. The molecule has 0 saturated carbocycles. The molecule has 9 heterocycles. The Bertz CT molecular complexity index is 3000. The van der Waals surface area contributed by atoms with Crippen molar-refractivity contribution in [3.05, 3.63) is 0 Å². The molecule has 0 aromatic carbocycles. The second-order valence-electron chi connectivity index (χ2n) is 28.8. The van der Waals surface area contributed by atoms with E-state index in [0.717, 1.165) is 20.8 Å². The minimum atomic E-state index is -3.58. The first kappa shape index (κ1) is 91.2. The van der Waals surface area contributed by atoms with E-state index in [4.69, 9.17) is 80.5 Å². The van der Waals surface area contributed by atoms with E-state index in [-0.39, 0.29) is 0 Å². The molecule has 48 nitrogen and oxygen atoms in total. The van der Waals surface area contributed by atoms with Gasteiger partial charge in [-0.15, -0.1) is 0 Å². The molecule has 0 aromatic heterocycles. The van der Waals surface area contributed by atoms with Gasteiger partial charge in [0.2, 0.25) is 17.7 Å². The number of amides is 3. The molecule has 0 spiro atoms. The lowest BCUT2D eigenvalue weighted by molar-refractivity contribution is -0.409. The van der Waals surface area contributed by atoms with E-state index in [9.17, 15) is 142 Å². The highest BCUT2D eigenvalue weighted by Gasteiger charge is 2.64. The van der Waals surface area contributed by atoms with Crippen molar-refractivity contribution in [1.29, 1.82) is 0 Å². The number of carbonyl (C=O) groups excluding carboxylic acids is 3. The van der Waals surface area contributed by atoms with Crippen LogP contribution in [0.25, 0.3) is 0 Å². The topological polar surface area (TPSA) is 747 Å². The summed E-state index contributed by atoms with van der Waals surface area (Å²) < 4.78 is 101. The molecular formula is C63H105N3O45. The normalized spacial score (nSPS) is 49.9. The van der Waals surface area contributed by atoms with E-state index >= 15 is 0 Å². The van der Waals surface area contributed by atoms with Crippen LogP contribution in [0.2, 0.25) is 0 Å². The highest BCUT2D eigenvalue weighted by molar-refractivity contribution is 5.76. The molecule has 9 aliphatic heterocycles. The molecular weight excluding hydrogens is 1520 g/mol. The third-order valence-corrected chi connectivity index (χ3v) is 20.8. The summed E-state index contributed by atoms with van der Waals surface area (Å²) in [4.78, 5) is 52.7. The van der Waals surface area contributed by atoms with E-state index < -0.39 is 345 Å². The van der Waals surface area contributed by atoms with Gasteiger partial charge in [0, 0.05) is 27.2 Å². The van der Waals surface area contributed by atoms with Crippen molar-refractivity contribution in [2.45, 2.75) is 337 Å². The van der Waals surface area contributed by atoms with Gasteiger partial charge in [-0.25, -0.2) is 4.79 Å². The number of carboxylic acids is 1. The molecule has 9 aliphatic rings. The van der Waals surface area contributed by atoms with Gasteiger partial charge in [-0.1, -0.05) is 0 Å². The summed E-state index contributed by atoms with van der Waals surface area (Å²) in [6.07, 6.45) is -87.0. The highest BCUT2D eigenvalue weighted by Crippen LogP contribution is 2.43. The van der Waals surface area contributed by atoms with Crippen LogP contribution in [-0.2, 0) is 99.7 Å². The zero-order valence-corrected chi connectivity index (χ0v) is 60.5. The van der Waals surface area contributed by atoms with Crippen LogP contribution in [0, 0.1) is 0 Å². The summed E-state index contributed by atoms with van der Waals surface area (Å²) in [6.45, 7) is 2.15. The number of carbonyl (C=O) groups is 4. The van der Waals surface area contributed by atoms with Crippen LogP contribution in [-0.4, -0.2) is 461 Å². The zero-order chi connectivity index (χ0) is 82.2. The van der Waals surface area contributed by atoms with Crippen molar-refractivity contribution in [2.24, 2.45) is 0 Å². The van der Waals surface area contributed by atoms with E-state index in [1.54, 1.807) is 0 Å². The van der Waals surface area contributed by atoms with E-state index in [2.05, 4.69) is 16.0 Å². The Morgan fingerprint density at radius 3 is 1.32 bits per heavy atom. The number of carboxylic acid groups (broad SMARTS) is 1. The van der Waals surface area contributed by atoms with Crippen LogP contribution in [0.3, 0.4) is 0 Å². The molecule has 3 amide bonds. The van der Waals surface area contributed by atoms with Crippen LogP contribution < -0.4 is 16.0 Å². The molecule has 9 saturated heterocycles. The molecule has 27 N–H and O–H groups in total. The number of ether oxygens (including phenoxy) is 17.